The summed E-state index contributed by atoms with van der Waals surface area (Å²) in [5.41, 5.74) is 2.69. The van der Waals surface area contributed by atoms with Gasteiger partial charge in [-0.3, -0.25) is 9.78 Å². The van der Waals surface area contributed by atoms with E-state index in [0.717, 1.165) is 11.1 Å². The number of pyridine rings is 1. The molecule has 0 aliphatic carbocycles. The number of rotatable bonds is 9. The standard InChI is InChI=1S/C23H24N2O4/c1-27-21-10-8-17(13-22(21)28-2)9-11-23(26)25-19-6-3-7-20(14-19)29-16-18-5-4-12-24-15-18/h3-8,10,12-15H,9,11,16H2,1-2H3,(H,25,26). The van der Waals surface area contributed by atoms with Crippen LogP contribution in [0.1, 0.15) is 17.5 Å². The molecular weight excluding hydrogens is 368 g/mol. The van der Waals surface area contributed by atoms with Crippen molar-refractivity contribution in [1.82, 2.24) is 4.98 Å². The molecule has 0 aliphatic heterocycles. The van der Waals surface area contributed by atoms with E-state index in [9.17, 15) is 4.79 Å². The highest BCUT2D eigenvalue weighted by Crippen LogP contribution is 2.28. The van der Waals surface area contributed by atoms with Crippen LogP contribution in [0.15, 0.2) is 67.0 Å². The molecule has 0 saturated carbocycles. The minimum absolute atomic E-state index is 0.0656. The zero-order valence-corrected chi connectivity index (χ0v) is 16.6. The van der Waals surface area contributed by atoms with Crippen molar-refractivity contribution in [2.45, 2.75) is 19.4 Å². The largest absolute Gasteiger partial charge is 0.493 e. The molecule has 29 heavy (non-hydrogen) atoms. The Morgan fingerprint density at radius 1 is 0.966 bits per heavy atom. The van der Waals surface area contributed by atoms with Crippen molar-refractivity contribution in [2.24, 2.45) is 0 Å². The van der Waals surface area contributed by atoms with Gasteiger partial charge in [0.25, 0.3) is 0 Å². The molecule has 0 fully saturated rings. The van der Waals surface area contributed by atoms with Crippen molar-refractivity contribution in [1.29, 1.82) is 0 Å². The first-order chi connectivity index (χ1) is 14.2. The third-order valence-corrected chi connectivity index (χ3v) is 4.33. The van der Waals surface area contributed by atoms with Crippen LogP contribution in [0.2, 0.25) is 0 Å². The summed E-state index contributed by atoms with van der Waals surface area (Å²) in [4.78, 5) is 16.4. The van der Waals surface area contributed by atoms with Gasteiger partial charge in [0.05, 0.1) is 14.2 Å². The molecule has 0 saturated heterocycles. The van der Waals surface area contributed by atoms with Crippen LogP contribution < -0.4 is 19.5 Å². The lowest BCUT2D eigenvalue weighted by Crippen LogP contribution is -2.12. The maximum Gasteiger partial charge on any atom is 0.224 e. The molecule has 0 radical (unpaired) electrons. The molecule has 0 atom stereocenters. The van der Waals surface area contributed by atoms with Gasteiger partial charge >= 0.3 is 0 Å². The van der Waals surface area contributed by atoms with E-state index in [4.69, 9.17) is 14.2 Å². The number of hydrogen-bond acceptors (Lipinski definition) is 5. The molecule has 1 heterocycles. The Balaban J connectivity index is 1.53. The Morgan fingerprint density at radius 3 is 2.59 bits per heavy atom. The minimum atomic E-state index is -0.0656. The first-order valence-electron chi connectivity index (χ1n) is 9.30. The van der Waals surface area contributed by atoms with Crippen LogP contribution in [0.4, 0.5) is 5.69 Å². The molecule has 0 unspecified atom stereocenters. The topological polar surface area (TPSA) is 69.7 Å². The number of carbonyl (C=O) groups excluding carboxylic acids is 1. The van der Waals surface area contributed by atoms with E-state index in [1.54, 1.807) is 26.6 Å². The Morgan fingerprint density at radius 2 is 1.83 bits per heavy atom. The van der Waals surface area contributed by atoms with Gasteiger partial charge in [-0.15, -0.1) is 0 Å². The van der Waals surface area contributed by atoms with Crippen LogP contribution in [0.3, 0.4) is 0 Å². The van der Waals surface area contributed by atoms with Crippen molar-refractivity contribution in [3.05, 3.63) is 78.1 Å². The van der Waals surface area contributed by atoms with Crippen LogP contribution >= 0.6 is 0 Å². The maximum absolute atomic E-state index is 12.3. The fourth-order valence-electron chi connectivity index (χ4n) is 2.83. The number of carbonyl (C=O) groups is 1. The highest BCUT2D eigenvalue weighted by atomic mass is 16.5. The Kier molecular flexibility index (Phi) is 7.05. The van der Waals surface area contributed by atoms with E-state index in [-0.39, 0.29) is 5.91 Å². The number of hydrogen-bond donors (Lipinski definition) is 1. The van der Waals surface area contributed by atoms with Crippen molar-refractivity contribution in [2.75, 3.05) is 19.5 Å². The second kappa shape index (κ2) is 10.1. The highest BCUT2D eigenvalue weighted by molar-refractivity contribution is 5.91. The van der Waals surface area contributed by atoms with Crippen molar-refractivity contribution >= 4 is 11.6 Å². The molecule has 1 amide bonds. The SMILES string of the molecule is COc1ccc(CCC(=O)Nc2cccc(OCc3cccnc3)c2)cc1OC. The van der Waals surface area contributed by atoms with Crippen LogP contribution in [-0.4, -0.2) is 25.1 Å². The van der Waals surface area contributed by atoms with Crippen LogP contribution in [0, 0.1) is 0 Å². The van der Waals surface area contributed by atoms with Gasteiger partial charge in [-0.2, -0.15) is 0 Å². The van der Waals surface area contributed by atoms with E-state index in [1.807, 2.05) is 54.6 Å². The summed E-state index contributed by atoms with van der Waals surface area (Å²) in [6.07, 6.45) is 4.45. The number of benzene rings is 2. The lowest BCUT2D eigenvalue weighted by molar-refractivity contribution is -0.116. The normalized spacial score (nSPS) is 10.3. The Hall–Kier alpha value is -3.54. The van der Waals surface area contributed by atoms with Gasteiger partial charge in [-0.1, -0.05) is 18.2 Å². The number of aryl methyl sites for hydroxylation is 1. The average Bonchev–Trinajstić information content (AvgIpc) is 2.77. The van der Waals surface area contributed by atoms with Gasteiger partial charge in [-0.05, 0) is 42.3 Å². The number of anilines is 1. The van der Waals surface area contributed by atoms with Crippen molar-refractivity contribution < 1.29 is 19.0 Å². The number of ether oxygens (including phenoxy) is 3. The number of nitrogens with zero attached hydrogens (tertiary/aromatic N) is 1. The molecule has 3 rings (SSSR count). The van der Waals surface area contributed by atoms with Crippen molar-refractivity contribution in [3.8, 4) is 17.2 Å². The lowest BCUT2D eigenvalue weighted by atomic mass is 10.1. The fraction of sp³-hybridized carbons (Fsp3) is 0.217. The van der Waals surface area contributed by atoms with E-state index in [1.165, 1.54) is 0 Å². The average molecular weight is 392 g/mol. The smallest absolute Gasteiger partial charge is 0.224 e. The molecule has 0 spiro atoms. The van der Waals surface area contributed by atoms with Crippen LogP contribution in [-0.2, 0) is 17.8 Å². The van der Waals surface area contributed by atoms with Gasteiger partial charge in [0.2, 0.25) is 5.91 Å². The molecule has 6 nitrogen and oxygen atoms in total. The summed E-state index contributed by atoms with van der Waals surface area (Å²) in [5, 5.41) is 2.91. The predicted octanol–water partition coefficient (Wildman–Crippen LogP) is 4.25. The molecule has 3 aromatic rings. The lowest BCUT2D eigenvalue weighted by Gasteiger charge is -2.11. The molecule has 6 heteroatoms. The predicted molar refractivity (Wildman–Crippen MR) is 112 cm³/mol. The number of nitrogens with one attached hydrogen (secondary N) is 1. The fourth-order valence-corrected chi connectivity index (χ4v) is 2.83. The Bertz CT molecular complexity index is 945. The van der Waals surface area contributed by atoms with Crippen molar-refractivity contribution in [3.63, 3.8) is 0 Å². The van der Waals surface area contributed by atoms with Gasteiger partial charge in [0, 0.05) is 36.1 Å². The second-order valence-electron chi connectivity index (χ2n) is 6.42. The maximum atomic E-state index is 12.3. The summed E-state index contributed by atoms with van der Waals surface area (Å²) in [6.45, 7) is 0.421. The minimum Gasteiger partial charge on any atom is -0.493 e. The zero-order valence-electron chi connectivity index (χ0n) is 16.6. The van der Waals surface area contributed by atoms with E-state index in [0.29, 0.717) is 42.4 Å². The van der Waals surface area contributed by atoms with Gasteiger partial charge < -0.3 is 19.5 Å². The molecular formula is C23H24N2O4. The molecule has 0 aliphatic rings. The quantitative estimate of drug-likeness (QED) is 0.590. The molecule has 150 valence electrons. The summed E-state index contributed by atoms with van der Waals surface area (Å²) >= 11 is 0. The summed E-state index contributed by atoms with van der Waals surface area (Å²) in [6, 6.07) is 16.8. The van der Waals surface area contributed by atoms with Gasteiger partial charge in [0.15, 0.2) is 11.5 Å². The first kappa shape index (κ1) is 20.2. The third kappa shape index (κ3) is 5.97. The number of amides is 1. The molecule has 1 aromatic heterocycles. The van der Waals surface area contributed by atoms with Gasteiger partial charge in [0.1, 0.15) is 12.4 Å². The highest BCUT2D eigenvalue weighted by Gasteiger charge is 2.08. The van der Waals surface area contributed by atoms with Crippen LogP contribution in [0.25, 0.3) is 0 Å². The monoisotopic (exact) mass is 392 g/mol. The molecule has 1 N–H and O–H groups in total. The first-order valence-corrected chi connectivity index (χ1v) is 9.30. The molecule has 0 bridgehead atoms. The Labute approximate surface area is 170 Å². The summed E-state index contributed by atoms with van der Waals surface area (Å²) in [5.74, 6) is 1.95. The number of methoxy groups -OCH3 is 2. The summed E-state index contributed by atoms with van der Waals surface area (Å²) in [7, 11) is 3.19. The second-order valence-corrected chi connectivity index (χ2v) is 6.42. The zero-order chi connectivity index (χ0) is 20.5. The summed E-state index contributed by atoms with van der Waals surface area (Å²) < 4.78 is 16.3. The van der Waals surface area contributed by atoms with Crippen LogP contribution in [0.5, 0.6) is 17.2 Å². The van der Waals surface area contributed by atoms with E-state index in [2.05, 4.69) is 10.3 Å². The number of aromatic nitrogens is 1. The van der Waals surface area contributed by atoms with E-state index >= 15 is 0 Å². The van der Waals surface area contributed by atoms with Gasteiger partial charge in [-0.25, -0.2) is 0 Å². The van der Waals surface area contributed by atoms with E-state index < -0.39 is 0 Å². The third-order valence-electron chi connectivity index (χ3n) is 4.33. The molecule has 2 aromatic carbocycles.